The van der Waals surface area contributed by atoms with E-state index in [9.17, 15) is 4.79 Å². The summed E-state index contributed by atoms with van der Waals surface area (Å²) >= 11 is 0. The van der Waals surface area contributed by atoms with Gasteiger partial charge in [-0.1, -0.05) is 36.4 Å². The highest BCUT2D eigenvalue weighted by molar-refractivity contribution is 5.92. The summed E-state index contributed by atoms with van der Waals surface area (Å²) in [5.41, 5.74) is 6.61. The minimum Gasteiger partial charge on any atom is -0.326 e. The number of rotatable bonds is 4. The Balaban J connectivity index is 1.63. The van der Waals surface area contributed by atoms with Gasteiger partial charge in [-0.15, -0.1) is 5.10 Å². The molecule has 0 bridgehead atoms. The van der Waals surface area contributed by atoms with Gasteiger partial charge in [-0.2, -0.15) is 4.98 Å². The monoisotopic (exact) mass is 385 g/mol. The third-order valence-corrected chi connectivity index (χ3v) is 5.21. The van der Waals surface area contributed by atoms with Crippen molar-refractivity contribution in [2.45, 2.75) is 34.1 Å². The van der Waals surface area contributed by atoms with Gasteiger partial charge >= 0.3 is 0 Å². The van der Waals surface area contributed by atoms with E-state index < -0.39 is 0 Å². The van der Waals surface area contributed by atoms with Gasteiger partial charge in [0, 0.05) is 28.2 Å². The lowest BCUT2D eigenvalue weighted by Crippen LogP contribution is -2.18. The summed E-state index contributed by atoms with van der Waals surface area (Å²) < 4.78 is 1.72. The summed E-state index contributed by atoms with van der Waals surface area (Å²) in [6.07, 6.45) is 0.230. The zero-order valence-corrected chi connectivity index (χ0v) is 17.0. The van der Waals surface area contributed by atoms with Crippen molar-refractivity contribution < 1.29 is 4.79 Å². The molecule has 0 atom stereocenters. The Morgan fingerprint density at radius 3 is 2.45 bits per heavy atom. The molecule has 1 amide bonds. The molecule has 0 aliphatic rings. The first-order chi connectivity index (χ1) is 13.9. The molecule has 0 aliphatic carbocycles. The molecule has 4 aromatic rings. The van der Waals surface area contributed by atoms with Gasteiger partial charge in [-0.25, -0.2) is 9.50 Å². The zero-order chi connectivity index (χ0) is 20.5. The molecule has 6 nitrogen and oxygen atoms in total. The third-order valence-electron chi connectivity index (χ3n) is 5.21. The summed E-state index contributed by atoms with van der Waals surface area (Å²) in [5.74, 6) is 1.08. The fraction of sp³-hybridized carbons (Fsp3) is 0.217. The van der Waals surface area contributed by atoms with Crippen LogP contribution in [0.25, 0.3) is 17.2 Å². The molecule has 0 radical (unpaired) electrons. The van der Waals surface area contributed by atoms with Crippen molar-refractivity contribution in [3.8, 4) is 11.4 Å². The van der Waals surface area contributed by atoms with Crippen LogP contribution in [0.15, 0.2) is 48.5 Å². The number of anilines is 1. The van der Waals surface area contributed by atoms with Gasteiger partial charge in [0.15, 0.2) is 5.82 Å². The molecule has 0 saturated carbocycles. The number of nitrogens with one attached hydrogen (secondary N) is 1. The number of carbonyl (C=O) groups is 1. The molecule has 2 aromatic carbocycles. The minimum atomic E-state index is -0.0796. The summed E-state index contributed by atoms with van der Waals surface area (Å²) in [7, 11) is 0. The Kier molecular flexibility index (Phi) is 4.84. The molecule has 0 spiro atoms. The number of nitrogens with zero attached hydrogens (tertiary/aromatic N) is 4. The van der Waals surface area contributed by atoms with Crippen molar-refractivity contribution in [2.24, 2.45) is 0 Å². The highest BCUT2D eigenvalue weighted by Crippen LogP contribution is 2.20. The molecule has 0 aliphatic heterocycles. The number of carbonyl (C=O) groups excluding carboxylic acids is 1. The maximum Gasteiger partial charge on any atom is 0.253 e. The average molecular weight is 385 g/mol. The van der Waals surface area contributed by atoms with E-state index in [-0.39, 0.29) is 12.3 Å². The van der Waals surface area contributed by atoms with Crippen LogP contribution in [-0.4, -0.2) is 25.5 Å². The van der Waals surface area contributed by atoms with Crippen molar-refractivity contribution in [3.63, 3.8) is 0 Å². The van der Waals surface area contributed by atoms with Crippen LogP contribution in [0.3, 0.4) is 0 Å². The molecule has 0 unspecified atom stereocenters. The van der Waals surface area contributed by atoms with Crippen LogP contribution in [0.5, 0.6) is 0 Å². The Morgan fingerprint density at radius 1 is 0.966 bits per heavy atom. The van der Waals surface area contributed by atoms with Gasteiger partial charge in [0.05, 0.1) is 6.42 Å². The van der Waals surface area contributed by atoms with Crippen molar-refractivity contribution in [1.82, 2.24) is 19.6 Å². The largest absolute Gasteiger partial charge is 0.326 e. The number of aromatic nitrogens is 4. The first-order valence-electron chi connectivity index (χ1n) is 9.58. The first kappa shape index (κ1) is 18.8. The zero-order valence-electron chi connectivity index (χ0n) is 17.0. The second-order valence-corrected chi connectivity index (χ2v) is 7.30. The lowest BCUT2D eigenvalue weighted by Gasteiger charge is -2.11. The Labute approximate surface area is 169 Å². The summed E-state index contributed by atoms with van der Waals surface area (Å²) in [5, 5.41) is 7.59. The normalized spacial score (nSPS) is 11.0. The molecule has 0 saturated heterocycles. The van der Waals surface area contributed by atoms with E-state index in [4.69, 9.17) is 0 Å². The number of hydrogen-bond acceptors (Lipinski definition) is 4. The molecule has 2 heterocycles. The number of hydrogen-bond donors (Lipinski definition) is 1. The van der Waals surface area contributed by atoms with E-state index in [2.05, 4.69) is 27.3 Å². The summed E-state index contributed by atoms with van der Waals surface area (Å²) in [6, 6.07) is 15.7. The molecule has 2 aromatic heterocycles. The predicted octanol–water partition coefficient (Wildman–Crippen LogP) is 4.21. The Morgan fingerprint density at radius 2 is 1.72 bits per heavy atom. The number of amides is 1. The molecule has 4 rings (SSSR count). The molecular formula is C23H23N5O. The van der Waals surface area contributed by atoms with Crippen LogP contribution in [0.1, 0.15) is 28.1 Å². The maximum absolute atomic E-state index is 12.7. The quantitative estimate of drug-likeness (QED) is 0.571. The van der Waals surface area contributed by atoms with Crippen LogP contribution in [0, 0.1) is 27.7 Å². The SMILES string of the molecule is Cc1ccc(NC(=O)Cc2c(C)nc3nc(-c4ccccc4)nn3c2C)cc1C. The summed E-state index contributed by atoms with van der Waals surface area (Å²) in [4.78, 5) is 21.8. The minimum absolute atomic E-state index is 0.0796. The fourth-order valence-electron chi connectivity index (χ4n) is 3.36. The van der Waals surface area contributed by atoms with Gasteiger partial charge in [0.25, 0.3) is 5.78 Å². The molecule has 0 fully saturated rings. The van der Waals surface area contributed by atoms with Gasteiger partial charge in [-0.3, -0.25) is 4.79 Å². The lowest BCUT2D eigenvalue weighted by molar-refractivity contribution is -0.115. The Hall–Kier alpha value is -3.54. The number of fused-ring (bicyclic) bond motifs is 1. The van der Waals surface area contributed by atoms with Gasteiger partial charge in [0.1, 0.15) is 0 Å². The second-order valence-electron chi connectivity index (χ2n) is 7.30. The van der Waals surface area contributed by atoms with Crippen LogP contribution >= 0.6 is 0 Å². The Bertz CT molecular complexity index is 1210. The number of benzene rings is 2. The molecule has 29 heavy (non-hydrogen) atoms. The topological polar surface area (TPSA) is 72.2 Å². The molecule has 1 N–H and O–H groups in total. The second kappa shape index (κ2) is 7.47. The highest BCUT2D eigenvalue weighted by Gasteiger charge is 2.17. The van der Waals surface area contributed by atoms with E-state index in [1.807, 2.05) is 69.3 Å². The van der Waals surface area contributed by atoms with Gasteiger partial charge in [0.2, 0.25) is 5.91 Å². The highest BCUT2D eigenvalue weighted by atomic mass is 16.1. The first-order valence-corrected chi connectivity index (χ1v) is 9.58. The predicted molar refractivity (Wildman–Crippen MR) is 114 cm³/mol. The van der Waals surface area contributed by atoms with Crippen molar-refractivity contribution in [3.05, 3.63) is 76.6 Å². The molecular weight excluding hydrogens is 362 g/mol. The van der Waals surface area contributed by atoms with E-state index in [0.717, 1.165) is 33.8 Å². The van der Waals surface area contributed by atoms with Crippen molar-refractivity contribution in [2.75, 3.05) is 5.32 Å². The van der Waals surface area contributed by atoms with Crippen LogP contribution in [-0.2, 0) is 11.2 Å². The van der Waals surface area contributed by atoms with E-state index >= 15 is 0 Å². The van der Waals surface area contributed by atoms with Crippen molar-refractivity contribution >= 4 is 17.4 Å². The van der Waals surface area contributed by atoms with Crippen LogP contribution in [0.4, 0.5) is 5.69 Å². The third kappa shape index (κ3) is 3.74. The smallest absolute Gasteiger partial charge is 0.253 e. The van der Waals surface area contributed by atoms with E-state index in [1.54, 1.807) is 4.52 Å². The summed E-state index contributed by atoms with van der Waals surface area (Å²) in [6.45, 7) is 7.94. The average Bonchev–Trinajstić information content (AvgIpc) is 3.13. The molecule has 6 heteroatoms. The standard InChI is InChI=1S/C23H23N5O/c1-14-10-11-19(12-15(14)2)25-21(29)13-20-16(3)24-23-26-22(27-28(23)17(20)4)18-8-6-5-7-9-18/h5-12H,13H2,1-4H3,(H,25,29). The van der Waals surface area contributed by atoms with Crippen LogP contribution < -0.4 is 5.32 Å². The maximum atomic E-state index is 12.7. The van der Waals surface area contributed by atoms with Crippen LogP contribution in [0.2, 0.25) is 0 Å². The fourth-order valence-corrected chi connectivity index (χ4v) is 3.36. The number of aryl methyl sites for hydroxylation is 4. The lowest BCUT2D eigenvalue weighted by atomic mass is 10.1. The van der Waals surface area contributed by atoms with Gasteiger partial charge < -0.3 is 5.32 Å². The van der Waals surface area contributed by atoms with Crippen molar-refractivity contribution in [1.29, 1.82) is 0 Å². The van der Waals surface area contributed by atoms with E-state index in [0.29, 0.717) is 11.6 Å². The van der Waals surface area contributed by atoms with Gasteiger partial charge in [-0.05, 0) is 51.0 Å². The van der Waals surface area contributed by atoms with E-state index in [1.165, 1.54) is 5.56 Å². The molecule has 146 valence electrons.